The van der Waals surface area contributed by atoms with Crippen LogP contribution in [0.2, 0.25) is 0 Å². The van der Waals surface area contributed by atoms with E-state index in [9.17, 15) is 13.2 Å². The Bertz CT molecular complexity index is 242. The summed E-state index contributed by atoms with van der Waals surface area (Å²) < 4.78 is 39.6. The minimum Gasteiger partial charge on any atom is -0.487 e. The maximum absolute atomic E-state index is 11.7. The van der Waals surface area contributed by atoms with Gasteiger partial charge in [0, 0.05) is 12.1 Å². The lowest BCUT2D eigenvalue weighted by Crippen LogP contribution is -2.18. The average molecular weight is 193 g/mol. The van der Waals surface area contributed by atoms with E-state index in [0.29, 0.717) is 12.2 Å². The summed E-state index contributed by atoms with van der Waals surface area (Å²) in [6.45, 7) is 0.826. The molecular formula is C8H10F3NO. The smallest absolute Gasteiger partial charge is 0.422 e. The first kappa shape index (κ1) is 10.1. The van der Waals surface area contributed by atoms with E-state index in [1.807, 2.05) is 6.92 Å². The molecule has 0 saturated carbocycles. The third-order valence-corrected chi connectivity index (χ3v) is 1.55. The second kappa shape index (κ2) is 3.81. The lowest BCUT2D eigenvalue weighted by atomic mass is 10.2. The van der Waals surface area contributed by atoms with Crippen LogP contribution in [0.15, 0.2) is 16.8 Å². The van der Waals surface area contributed by atoms with Crippen molar-refractivity contribution in [3.05, 3.63) is 11.8 Å². The highest BCUT2D eigenvalue weighted by Crippen LogP contribution is 2.17. The molecule has 1 aliphatic heterocycles. The van der Waals surface area contributed by atoms with Gasteiger partial charge < -0.3 is 4.74 Å². The van der Waals surface area contributed by atoms with Crippen molar-refractivity contribution in [2.24, 2.45) is 4.99 Å². The van der Waals surface area contributed by atoms with Crippen LogP contribution in [0, 0.1) is 0 Å². The lowest BCUT2D eigenvalue weighted by Gasteiger charge is -2.14. The van der Waals surface area contributed by atoms with Gasteiger partial charge in [0.1, 0.15) is 5.76 Å². The zero-order valence-corrected chi connectivity index (χ0v) is 7.19. The van der Waals surface area contributed by atoms with Gasteiger partial charge in [0.2, 0.25) is 0 Å². The van der Waals surface area contributed by atoms with Gasteiger partial charge in [-0.15, -0.1) is 0 Å². The number of hydrogen-bond acceptors (Lipinski definition) is 2. The molecule has 13 heavy (non-hydrogen) atoms. The summed E-state index contributed by atoms with van der Waals surface area (Å²) in [7, 11) is 0. The highest BCUT2D eigenvalue weighted by Gasteiger charge is 2.28. The summed E-state index contributed by atoms with van der Waals surface area (Å²) in [4.78, 5) is 3.97. The standard InChI is InChI=1S/C8H10F3NO/c1-6-2-3-7(4-12-6)13-5-8(9,10)11/h3H,2,4-5H2,1H3. The number of hydrogen-bond donors (Lipinski definition) is 0. The number of halogens is 3. The first-order chi connectivity index (χ1) is 5.97. The van der Waals surface area contributed by atoms with E-state index in [-0.39, 0.29) is 6.54 Å². The zero-order valence-electron chi connectivity index (χ0n) is 7.19. The second-order valence-electron chi connectivity index (χ2n) is 2.83. The molecule has 1 heterocycles. The first-order valence-corrected chi connectivity index (χ1v) is 3.86. The van der Waals surface area contributed by atoms with E-state index >= 15 is 0 Å². The van der Waals surface area contributed by atoms with Crippen molar-refractivity contribution in [3.63, 3.8) is 0 Å². The van der Waals surface area contributed by atoms with Crippen LogP contribution in [0.3, 0.4) is 0 Å². The number of dihydropyridines is 1. The van der Waals surface area contributed by atoms with Crippen LogP contribution in [-0.4, -0.2) is 25.0 Å². The van der Waals surface area contributed by atoms with Gasteiger partial charge >= 0.3 is 6.18 Å². The number of alkyl halides is 3. The molecule has 0 aromatic rings. The number of ether oxygens (including phenoxy) is 1. The normalized spacial score (nSPS) is 17.8. The molecule has 5 heteroatoms. The van der Waals surface area contributed by atoms with Crippen LogP contribution < -0.4 is 0 Å². The third-order valence-electron chi connectivity index (χ3n) is 1.55. The molecule has 1 aliphatic rings. The number of allylic oxidation sites excluding steroid dienone is 1. The highest BCUT2D eigenvalue weighted by atomic mass is 19.4. The van der Waals surface area contributed by atoms with Crippen molar-refractivity contribution in [3.8, 4) is 0 Å². The van der Waals surface area contributed by atoms with E-state index < -0.39 is 12.8 Å². The van der Waals surface area contributed by atoms with Gasteiger partial charge in [-0.3, -0.25) is 4.99 Å². The van der Waals surface area contributed by atoms with Gasteiger partial charge in [0.25, 0.3) is 0 Å². The van der Waals surface area contributed by atoms with Gasteiger partial charge in [-0.05, 0) is 13.0 Å². The van der Waals surface area contributed by atoms with Gasteiger partial charge in [0.05, 0.1) is 6.54 Å². The van der Waals surface area contributed by atoms with E-state index in [1.54, 1.807) is 6.08 Å². The van der Waals surface area contributed by atoms with E-state index in [2.05, 4.69) is 9.73 Å². The highest BCUT2D eigenvalue weighted by molar-refractivity contribution is 5.84. The fourth-order valence-electron chi connectivity index (χ4n) is 0.883. The number of rotatable bonds is 2. The Kier molecular flexibility index (Phi) is 2.95. The predicted octanol–water partition coefficient (Wildman–Crippen LogP) is 2.31. The Morgan fingerprint density at radius 1 is 1.54 bits per heavy atom. The molecule has 0 saturated heterocycles. The largest absolute Gasteiger partial charge is 0.487 e. The quantitative estimate of drug-likeness (QED) is 0.659. The van der Waals surface area contributed by atoms with Gasteiger partial charge in [0.15, 0.2) is 6.61 Å². The molecule has 0 aromatic heterocycles. The minimum atomic E-state index is -4.27. The molecule has 0 bridgehead atoms. The molecule has 0 fully saturated rings. The number of aliphatic imine (C=N–C) groups is 1. The van der Waals surface area contributed by atoms with E-state index in [1.165, 1.54) is 0 Å². The van der Waals surface area contributed by atoms with Gasteiger partial charge in [-0.1, -0.05) is 0 Å². The second-order valence-corrected chi connectivity index (χ2v) is 2.83. The predicted molar refractivity (Wildman–Crippen MR) is 42.7 cm³/mol. The Labute approximate surface area is 74.1 Å². The fourth-order valence-corrected chi connectivity index (χ4v) is 0.883. The van der Waals surface area contributed by atoms with Crippen LogP contribution >= 0.6 is 0 Å². The van der Waals surface area contributed by atoms with Crippen molar-refractivity contribution in [1.29, 1.82) is 0 Å². The van der Waals surface area contributed by atoms with Crippen molar-refractivity contribution in [2.75, 3.05) is 13.2 Å². The SMILES string of the molecule is CC1=NCC(OCC(F)(F)F)=CC1. The van der Waals surface area contributed by atoms with Crippen molar-refractivity contribution in [2.45, 2.75) is 19.5 Å². The van der Waals surface area contributed by atoms with E-state index in [4.69, 9.17) is 0 Å². The van der Waals surface area contributed by atoms with Crippen molar-refractivity contribution in [1.82, 2.24) is 0 Å². The Morgan fingerprint density at radius 2 is 2.23 bits per heavy atom. The molecule has 0 amide bonds. The van der Waals surface area contributed by atoms with Gasteiger partial charge in [-0.25, -0.2) is 0 Å². The minimum absolute atomic E-state index is 0.224. The van der Waals surface area contributed by atoms with Crippen molar-refractivity contribution < 1.29 is 17.9 Å². The van der Waals surface area contributed by atoms with Crippen LogP contribution in [-0.2, 0) is 4.74 Å². The van der Waals surface area contributed by atoms with E-state index in [0.717, 1.165) is 5.71 Å². The van der Waals surface area contributed by atoms with Gasteiger partial charge in [-0.2, -0.15) is 13.2 Å². The Hall–Kier alpha value is -1.00. The third kappa shape index (κ3) is 3.96. The molecule has 0 unspecified atom stereocenters. The molecule has 1 rings (SSSR count). The molecule has 74 valence electrons. The molecule has 0 spiro atoms. The first-order valence-electron chi connectivity index (χ1n) is 3.86. The molecule has 2 nitrogen and oxygen atoms in total. The fraction of sp³-hybridized carbons (Fsp3) is 0.625. The lowest BCUT2D eigenvalue weighted by molar-refractivity contribution is -0.164. The van der Waals surface area contributed by atoms with Crippen molar-refractivity contribution >= 4 is 5.71 Å². The molecule has 0 aromatic carbocycles. The summed E-state index contributed by atoms with van der Waals surface area (Å²) in [6, 6.07) is 0. The van der Waals surface area contributed by atoms with Crippen LogP contribution in [0.25, 0.3) is 0 Å². The summed E-state index contributed by atoms with van der Waals surface area (Å²) >= 11 is 0. The summed E-state index contributed by atoms with van der Waals surface area (Å²) in [5, 5.41) is 0. The maximum Gasteiger partial charge on any atom is 0.422 e. The molecule has 0 aliphatic carbocycles. The molecular weight excluding hydrogens is 183 g/mol. The van der Waals surface area contributed by atoms with Crippen LogP contribution in [0.5, 0.6) is 0 Å². The molecule has 0 atom stereocenters. The summed E-state index contributed by atoms with van der Waals surface area (Å²) in [5.41, 5.74) is 0.916. The Balaban J connectivity index is 2.32. The van der Waals surface area contributed by atoms with Crippen LogP contribution in [0.1, 0.15) is 13.3 Å². The summed E-state index contributed by atoms with van der Waals surface area (Å²) in [6.07, 6.45) is -2.06. The topological polar surface area (TPSA) is 21.6 Å². The zero-order chi connectivity index (χ0) is 9.90. The monoisotopic (exact) mass is 193 g/mol. The molecule has 0 radical (unpaired) electrons. The summed E-state index contributed by atoms with van der Waals surface area (Å²) in [5.74, 6) is 0.308. The number of nitrogens with zero attached hydrogens (tertiary/aromatic N) is 1. The maximum atomic E-state index is 11.7. The average Bonchev–Trinajstić information content (AvgIpc) is 2.02. The van der Waals surface area contributed by atoms with Crippen LogP contribution in [0.4, 0.5) is 13.2 Å². The molecule has 0 N–H and O–H groups in total. The Morgan fingerprint density at radius 3 is 2.69 bits per heavy atom.